The summed E-state index contributed by atoms with van der Waals surface area (Å²) < 4.78 is 5.15. The van der Waals surface area contributed by atoms with Gasteiger partial charge in [0.1, 0.15) is 10.8 Å². The van der Waals surface area contributed by atoms with Crippen molar-refractivity contribution in [3.63, 3.8) is 0 Å². The van der Waals surface area contributed by atoms with Crippen LogP contribution in [0.2, 0.25) is 5.02 Å². The quantitative estimate of drug-likeness (QED) is 0.655. The van der Waals surface area contributed by atoms with E-state index in [2.05, 4.69) is 17.4 Å². The number of anilines is 1. The largest absolute Gasteiger partial charge is 0.495 e. The summed E-state index contributed by atoms with van der Waals surface area (Å²) >= 11 is 7.84. The van der Waals surface area contributed by atoms with Crippen molar-refractivity contribution in [3.05, 3.63) is 64.1 Å². The predicted molar refractivity (Wildman–Crippen MR) is 110 cm³/mol. The van der Waals surface area contributed by atoms with E-state index in [1.54, 1.807) is 36.6 Å². The third-order valence-electron chi connectivity index (χ3n) is 4.75. The van der Waals surface area contributed by atoms with Crippen molar-refractivity contribution in [3.8, 4) is 16.3 Å². The number of nitrogens with one attached hydrogen (secondary N) is 1. The van der Waals surface area contributed by atoms with Crippen molar-refractivity contribution in [2.45, 2.75) is 19.3 Å². The molecule has 0 saturated carbocycles. The number of methoxy groups -OCH3 is 1. The maximum Gasteiger partial charge on any atom is 0.227 e. The monoisotopic (exact) mass is 398 g/mol. The minimum absolute atomic E-state index is 0.0246. The average Bonchev–Trinajstić information content (AvgIpc) is 3.12. The van der Waals surface area contributed by atoms with Crippen molar-refractivity contribution >= 4 is 34.5 Å². The second kappa shape index (κ2) is 7.71. The minimum Gasteiger partial charge on any atom is -0.495 e. The molecule has 1 heterocycles. The summed E-state index contributed by atoms with van der Waals surface area (Å²) in [6, 6.07) is 15.5. The van der Waals surface area contributed by atoms with Crippen LogP contribution in [0.3, 0.4) is 0 Å². The van der Waals surface area contributed by atoms with Gasteiger partial charge in [-0.3, -0.25) is 4.79 Å². The first-order valence-electron chi connectivity index (χ1n) is 8.82. The van der Waals surface area contributed by atoms with Crippen LogP contribution < -0.4 is 10.1 Å². The molecule has 3 aromatic rings. The Morgan fingerprint density at radius 2 is 2.07 bits per heavy atom. The lowest BCUT2D eigenvalue weighted by atomic mass is 9.90. The lowest BCUT2D eigenvalue weighted by molar-refractivity contribution is -0.120. The number of amides is 1. The Bertz CT molecular complexity index is 972. The molecule has 1 amide bonds. The van der Waals surface area contributed by atoms with Crippen LogP contribution in [0.1, 0.15) is 17.0 Å². The summed E-state index contributed by atoms with van der Waals surface area (Å²) in [4.78, 5) is 18.7. The van der Waals surface area contributed by atoms with Gasteiger partial charge < -0.3 is 10.1 Å². The van der Waals surface area contributed by atoms with Crippen molar-refractivity contribution in [1.29, 1.82) is 0 Å². The fraction of sp³-hybridized carbons (Fsp3) is 0.238. The van der Waals surface area contributed by atoms with E-state index in [1.165, 1.54) is 4.88 Å². The number of nitrogens with zero attached hydrogens (tertiary/aromatic N) is 1. The molecule has 1 aliphatic rings. The summed E-state index contributed by atoms with van der Waals surface area (Å²) in [7, 11) is 1.57. The maximum absolute atomic E-state index is 12.7. The zero-order valence-electron chi connectivity index (χ0n) is 14.9. The number of aryl methyl sites for hydroxylation is 1. The van der Waals surface area contributed by atoms with Crippen LogP contribution in [0.25, 0.3) is 10.6 Å². The van der Waals surface area contributed by atoms with Crippen molar-refractivity contribution < 1.29 is 9.53 Å². The fourth-order valence-corrected chi connectivity index (χ4v) is 4.74. The first-order valence-corrected chi connectivity index (χ1v) is 10.0. The zero-order chi connectivity index (χ0) is 18.8. The first kappa shape index (κ1) is 18.0. The number of fused-ring (bicyclic) bond motifs is 1. The SMILES string of the molecule is COc1ccc(NC(=O)C2CCc3nc(-c4ccccc4)sc3C2)cc1Cl. The van der Waals surface area contributed by atoms with E-state index in [1.807, 2.05) is 18.2 Å². The van der Waals surface area contributed by atoms with Gasteiger partial charge in [-0.25, -0.2) is 4.98 Å². The molecule has 1 atom stereocenters. The molecule has 0 bridgehead atoms. The summed E-state index contributed by atoms with van der Waals surface area (Å²) in [6.07, 6.45) is 2.37. The molecule has 0 radical (unpaired) electrons. The highest BCUT2D eigenvalue weighted by atomic mass is 35.5. The summed E-state index contributed by atoms with van der Waals surface area (Å²) in [5.74, 6) is 0.564. The Morgan fingerprint density at radius 3 is 2.81 bits per heavy atom. The van der Waals surface area contributed by atoms with Gasteiger partial charge in [-0.1, -0.05) is 41.9 Å². The third-order valence-corrected chi connectivity index (χ3v) is 6.21. The molecule has 0 fully saturated rings. The normalized spacial score (nSPS) is 15.9. The van der Waals surface area contributed by atoms with Gasteiger partial charge in [0.25, 0.3) is 0 Å². The van der Waals surface area contributed by atoms with Crippen LogP contribution >= 0.6 is 22.9 Å². The molecule has 1 N–H and O–H groups in total. The van der Waals surface area contributed by atoms with Crippen LogP contribution in [0.15, 0.2) is 48.5 Å². The molecule has 4 nitrogen and oxygen atoms in total. The molecule has 0 aliphatic heterocycles. The zero-order valence-corrected chi connectivity index (χ0v) is 16.4. The molecule has 0 saturated heterocycles. The molecule has 6 heteroatoms. The van der Waals surface area contributed by atoms with Crippen LogP contribution in [-0.2, 0) is 17.6 Å². The molecule has 0 spiro atoms. The van der Waals surface area contributed by atoms with Crippen LogP contribution in [0, 0.1) is 5.92 Å². The van der Waals surface area contributed by atoms with Crippen molar-refractivity contribution in [2.24, 2.45) is 5.92 Å². The van der Waals surface area contributed by atoms with Gasteiger partial charge in [-0.2, -0.15) is 0 Å². The number of ether oxygens (including phenoxy) is 1. The van der Waals surface area contributed by atoms with Crippen LogP contribution in [-0.4, -0.2) is 18.0 Å². The number of hydrogen-bond acceptors (Lipinski definition) is 4. The van der Waals surface area contributed by atoms with E-state index >= 15 is 0 Å². The molecule has 4 rings (SSSR count). The van der Waals surface area contributed by atoms with E-state index < -0.39 is 0 Å². The summed E-state index contributed by atoms with van der Waals surface area (Å²) in [6.45, 7) is 0. The second-order valence-electron chi connectivity index (χ2n) is 6.53. The van der Waals surface area contributed by atoms with Crippen molar-refractivity contribution in [2.75, 3.05) is 12.4 Å². The Hall–Kier alpha value is -2.37. The van der Waals surface area contributed by atoms with Gasteiger partial charge in [-0.15, -0.1) is 11.3 Å². The minimum atomic E-state index is -0.0533. The van der Waals surface area contributed by atoms with Gasteiger partial charge in [0, 0.05) is 22.0 Å². The van der Waals surface area contributed by atoms with E-state index in [9.17, 15) is 4.79 Å². The Morgan fingerprint density at radius 1 is 1.26 bits per heavy atom. The Labute approximate surface area is 167 Å². The molecular weight excluding hydrogens is 380 g/mol. The lowest BCUT2D eigenvalue weighted by Gasteiger charge is -2.20. The fourth-order valence-electron chi connectivity index (χ4n) is 3.29. The lowest BCUT2D eigenvalue weighted by Crippen LogP contribution is -2.27. The molecule has 1 aromatic heterocycles. The van der Waals surface area contributed by atoms with E-state index in [4.69, 9.17) is 21.3 Å². The highest BCUT2D eigenvalue weighted by Crippen LogP contribution is 2.35. The van der Waals surface area contributed by atoms with Crippen LogP contribution in [0.4, 0.5) is 5.69 Å². The standard InChI is InChI=1S/C21H19ClN2O2S/c1-26-18-10-8-15(12-16(18)22)23-20(25)14-7-9-17-19(11-14)27-21(24-17)13-5-3-2-4-6-13/h2-6,8,10,12,14H,7,9,11H2,1H3,(H,23,25). The highest BCUT2D eigenvalue weighted by molar-refractivity contribution is 7.15. The van der Waals surface area contributed by atoms with Gasteiger partial charge >= 0.3 is 0 Å². The Kier molecular flexibility index (Phi) is 5.14. The van der Waals surface area contributed by atoms with Gasteiger partial charge in [0.2, 0.25) is 5.91 Å². The number of aromatic nitrogens is 1. The predicted octanol–water partition coefficient (Wildman–Crippen LogP) is 5.22. The maximum atomic E-state index is 12.7. The number of benzene rings is 2. The van der Waals surface area contributed by atoms with Gasteiger partial charge in [0.05, 0.1) is 17.8 Å². The molecule has 138 valence electrons. The number of carbonyl (C=O) groups is 1. The summed E-state index contributed by atoms with van der Waals surface area (Å²) in [5.41, 5.74) is 2.95. The van der Waals surface area contributed by atoms with Gasteiger partial charge in [-0.05, 0) is 37.5 Å². The summed E-state index contributed by atoms with van der Waals surface area (Å²) in [5, 5.41) is 4.49. The highest BCUT2D eigenvalue weighted by Gasteiger charge is 2.28. The third kappa shape index (κ3) is 3.84. The topological polar surface area (TPSA) is 51.2 Å². The van der Waals surface area contributed by atoms with E-state index in [0.29, 0.717) is 16.5 Å². The number of thiazole rings is 1. The Balaban J connectivity index is 1.47. The molecule has 27 heavy (non-hydrogen) atoms. The van der Waals surface area contributed by atoms with Gasteiger partial charge in [0.15, 0.2) is 0 Å². The number of hydrogen-bond donors (Lipinski definition) is 1. The first-order chi connectivity index (χ1) is 13.1. The second-order valence-corrected chi connectivity index (χ2v) is 8.02. The van der Waals surface area contributed by atoms with Crippen molar-refractivity contribution in [1.82, 2.24) is 4.98 Å². The molecular formula is C21H19ClN2O2S. The van der Waals surface area contributed by atoms with E-state index in [-0.39, 0.29) is 11.8 Å². The number of rotatable bonds is 4. The smallest absolute Gasteiger partial charge is 0.227 e. The number of halogens is 1. The average molecular weight is 399 g/mol. The number of carbonyl (C=O) groups excluding carboxylic acids is 1. The molecule has 1 unspecified atom stereocenters. The molecule has 1 aliphatic carbocycles. The molecule has 2 aromatic carbocycles. The van der Waals surface area contributed by atoms with E-state index in [0.717, 1.165) is 35.5 Å². The van der Waals surface area contributed by atoms with Crippen LogP contribution in [0.5, 0.6) is 5.75 Å².